The van der Waals surface area contributed by atoms with Crippen molar-refractivity contribution in [1.82, 2.24) is 5.32 Å². The van der Waals surface area contributed by atoms with Crippen LogP contribution in [0.5, 0.6) is 0 Å². The summed E-state index contributed by atoms with van der Waals surface area (Å²) in [5, 5.41) is 3.95. The molecule has 0 bridgehead atoms. The fraction of sp³-hybridized carbons (Fsp3) is 0.562. The Morgan fingerprint density at radius 3 is 2.58 bits per heavy atom. The second kappa shape index (κ2) is 5.64. The molecular weight excluding hydrogens is 258 g/mol. The van der Waals surface area contributed by atoms with Gasteiger partial charge in [0.25, 0.3) is 0 Å². The van der Waals surface area contributed by atoms with Crippen LogP contribution in [-0.4, -0.2) is 18.9 Å². The maximum atomic E-state index is 12.6. The van der Waals surface area contributed by atoms with E-state index in [0.29, 0.717) is 5.02 Å². The van der Waals surface area contributed by atoms with Gasteiger partial charge in [-0.15, -0.1) is 0 Å². The SMILES string of the molecule is O=C(c1cc2c(cc1Cl)CCCC2)C1CCCNC1. The van der Waals surface area contributed by atoms with E-state index in [9.17, 15) is 4.79 Å². The number of carbonyl (C=O) groups excluding carboxylic acids is 1. The summed E-state index contributed by atoms with van der Waals surface area (Å²) < 4.78 is 0. The molecule has 0 amide bonds. The van der Waals surface area contributed by atoms with Crippen LogP contribution in [0.15, 0.2) is 12.1 Å². The summed E-state index contributed by atoms with van der Waals surface area (Å²) in [5.74, 6) is 0.332. The summed E-state index contributed by atoms with van der Waals surface area (Å²) >= 11 is 6.33. The van der Waals surface area contributed by atoms with Crippen LogP contribution in [0.2, 0.25) is 5.02 Å². The van der Waals surface area contributed by atoms with E-state index >= 15 is 0 Å². The average Bonchev–Trinajstić information content (AvgIpc) is 2.47. The molecule has 0 radical (unpaired) electrons. The topological polar surface area (TPSA) is 29.1 Å². The summed E-state index contributed by atoms with van der Waals surface area (Å²) in [5.41, 5.74) is 3.42. The van der Waals surface area contributed by atoms with Gasteiger partial charge in [0.15, 0.2) is 5.78 Å². The van der Waals surface area contributed by atoms with Crippen molar-refractivity contribution in [3.8, 4) is 0 Å². The third-order valence-electron chi connectivity index (χ3n) is 4.36. The molecule has 0 spiro atoms. The summed E-state index contributed by atoms with van der Waals surface area (Å²) in [4.78, 5) is 12.6. The van der Waals surface area contributed by atoms with Crippen molar-refractivity contribution >= 4 is 17.4 Å². The number of rotatable bonds is 2. The van der Waals surface area contributed by atoms with Gasteiger partial charge in [-0.3, -0.25) is 4.79 Å². The average molecular weight is 278 g/mol. The zero-order valence-electron chi connectivity index (χ0n) is 11.2. The van der Waals surface area contributed by atoms with Crippen LogP contribution < -0.4 is 5.32 Å². The van der Waals surface area contributed by atoms with Crippen molar-refractivity contribution < 1.29 is 4.79 Å². The molecular formula is C16H20ClNO. The van der Waals surface area contributed by atoms with E-state index in [4.69, 9.17) is 11.6 Å². The molecule has 102 valence electrons. The second-order valence-corrected chi connectivity index (χ2v) is 6.12. The van der Waals surface area contributed by atoms with E-state index in [0.717, 1.165) is 44.3 Å². The normalized spacial score (nSPS) is 22.9. The number of hydrogen-bond acceptors (Lipinski definition) is 2. The maximum Gasteiger partial charge on any atom is 0.168 e. The second-order valence-electron chi connectivity index (χ2n) is 5.72. The standard InChI is InChI=1S/C16H20ClNO/c17-15-9-12-5-2-1-4-11(12)8-14(15)16(19)13-6-3-7-18-10-13/h8-9,13,18H,1-7,10H2. The Morgan fingerprint density at radius 1 is 1.16 bits per heavy atom. The molecule has 3 heteroatoms. The minimum Gasteiger partial charge on any atom is -0.316 e. The monoisotopic (exact) mass is 277 g/mol. The third-order valence-corrected chi connectivity index (χ3v) is 4.68. The van der Waals surface area contributed by atoms with Gasteiger partial charge in [0, 0.05) is 18.0 Å². The quantitative estimate of drug-likeness (QED) is 0.840. The van der Waals surface area contributed by atoms with E-state index in [1.807, 2.05) is 6.07 Å². The molecule has 1 aliphatic heterocycles. The fourth-order valence-corrected chi connectivity index (χ4v) is 3.52. The van der Waals surface area contributed by atoms with Gasteiger partial charge >= 0.3 is 0 Å². The van der Waals surface area contributed by atoms with Gasteiger partial charge in [-0.25, -0.2) is 0 Å². The zero-order valence-corrected chi connectivity index (χ0v) is 11.9. The molecule has 1 N–H and O–H groups in total. The van der Waals surface area contributed by atoms with Gasteiger partial charge in [-0.2, -0.15) is 0 Å². The number of benzene rings is 1. The number of fused-ring (bicyclic) bond motifs is 1. The number of Topliss-reactive ketones (excluding diaryl/α,β-unsaturated/α-hetero) is 1. The van der Waals surface area contributed by atoms with Crippen LogP contribution in [0.1, 0.15) is 47.2 Å². The molecule has 1 saturated heterocycles. The fourth-order valence-electron chi connectivity index (χ4n) is 3.24. The minimum absolute atomic E-state index is 0.105. The number of ketones is 1. The van der Waals surface area contributed by atoms with E-state index in [2.05, 4.69) is 11.4 Å². The molecule has 1 aromatic rings. The molecule has 1 aliphatic carbocycles. The molecule has 2 aliphatic rings. The lowest BCUT2D eigenvalue weighted by Crippen LogP contribution is -2.34. The highest BCUT2D eigenvalue weighted by atomic mass is 35.5. The number of halogens is 1. The minimum atomic E-state index is 0.105. The van der Waals surface area contributed by atoms with Crippen molar-refractivity contribution in [2.45, 2.75) is 38.5 Å². The molecule has 1 aromatic carbocycles. The van der Waals surface area contributed by atoms with Crippen molar-refractivity contribution in [2.24, 2.45) is 5.92 Å². The van der Waals surface area contributed by atoms with Crippen LogP contribution in [0, 0.1) is 5.92 Å². The van der Waals surface area contributed by atoms with E-state index < -0.39 is 0 Å². The number of nitrogens with one attached hydrogen (secondary N) is 1. The molecule has 2 nitrogen and oxygen atoms in total. The number of hydrogen-bond donors (Lipinski definition) is 1. The van der Waals surface area contributed by atoms with Crippen molar-refractivity contribution in [2.75, 3.05) is 13.1 Å². The van der Waals surface area contributed by atoms with Gasteiger partial charge < -0.3 is 5.32 Å². The first-order valence-corrected chi connectivity index (χ1v) is 7.70. The van der Waals surface area contributed by atoms with Gasteiger partial charge in [0.05, 0.1) is 5.02 Å². The lowest BCUT2D eigenvalue weighted by Gasteiger charge is -2.23. The number of carbonyl (C=O) groups is 1. The van der Waals surface area contributed by atoms with E-state index in [1.54, 1.807) is 0 Å². The summed E-state index contributed by atoms with van der Waals surface area (Å²) in [6, 6.07) is 4.09. The molecule has 0 saturated carbocycles. The molecule has 19 heavy (non-hydrogen) atoms. The Hall–Kier alpha value is -0.860. The highest BCUT2D eigenvalue weighted by Crippen LogP contribution is 2.30. The van der Waals surface area contributed by atoms with Gasteiger partial charge in [0.1, 0.15) is 0 Å². The van der Waals surface area contributed by atoms with Crippen molar-refractivity contribution in [3.63, 3.8) is 0 Å². The highest BCUT2D eigenvalue weighted by molar-refractivity contribution is 6.34. The summed E-state index contributed by atoms with van der Waals surface area (Å²) in [6.07, 6.45) is 6.73. The first kappa shape index (κ1) is 13.1. The van der Waals surface area contributed by atoms with Crippen LogP contribution >= 0.6 is 11.6 Å². The van der Waals surface area contributed by atoms with E-state index in [1.165, 1.54) is 24.0 Å². The molecule has 1 atom stereocenters. The summed E-state index contributed by atoms with van der Waals surface area (Å²) in [7, 11) is 0. The van der Waals surface area contributed by atoms with Crippen LogP contribution in [0.4, 0.5) is 0 Å². The zero-order chi connectivity index (χ0) is 13.2. The first-order chi connectivity index (χ1) is 9.25. The predicted octanol–water partition coefficient (Wildman–Crippen LogP) is 3.40. The number of piperidine rings is 1. The largest absolute Gasteiger partial charge is 0.316 e. The molecule has 1 fully saturated rings. The Balaban J connectivity index is 1.89. The van der Waals surface area contributed by atoms with Gasteiger partial charge in [-0.05, 0) is 68.3 Å². The third kappa shape index (κ3) is 2.70. The Bertz CT molecular complexity index is 492. The molecule has 3 rings (SSSR count). The molecule has 1 heterocycles. The van der Waals surface area contributed by atoms with Crippen molar-refractivity contribution in [3.05, 3.63) is 33.8 Å². The smallest absolute Gasteiger partial charge is 0.168 e. The lowest BCUT2D eigenvalue weighted by molar-refractivity contribution is 0.0899. The van der Waals surface area contributed by atoms with Crippen LogP contribution in [-0.2, 0) is 12.8 Å². The van der Waals surface area contributed by atoms with Gasteiger partial charge in [0.2, 0.25) is 0 Å². The predicted molar refractivity (Wildman–Crippen MR) is 78.0 cm³/mol. The Labute approximate surface area is 119 Å². The van der Waals surface area contributed by atoms with Gasteiger partial charge in [-0.1, -0.05) is 11.6 Å². The van der Waals surface area contributed by atoms with Crippen LogP contribution in [0.25, 0.3) is 0 Å². The Morgan fingerprint density at radius 2 is 1.89 bits per heavy atom. The van der Waals surface area contributed by atoms with Crippen molar-refractivity contribution in [1.29, 1.82) is 0 Å². The van der Waals surface area contributed by atoms with Crippen LogP contribution in [0.3, 0.4) is 0 Å². The number of aryl methyl sites for hydroxylation is 2. The van der Waals surface area contributed by atoms with E-state index in [-0.39, 0.29) is 11.7 Å². The highest BCUT2D eigenvalue weighted by Gasteiger charge is 2.25. The Kier molecular flexibility index (Phi) is 3.90. The molecule has 1 unspecified atom stereocenters. The first-order valence-electron chi connectivity index (χ1n) is 7.32. The summed E-state index contributed by atoms with van der Waals surface area (Å²) in [6.45, 7) is 1.83. The maximum absolute atomic E-state index is 12.6. The lowest BCUT2D eigenvalue weighted by atomic mass is 9.86. The molecule has 0 aromatic heterocycles.